The van der Waals surface area contributed by atoms with Crippen molar-refractivity contribution in [2.45, 2.75) is 31.7 Å². The number of likely N-dealkylation sites (tertiary alicyclic amines) is 2. The summed E-state index contributed by atoms with van der Waals surface area (Å²) in [5, 5.41) is 3.10. The number of benzene rings is 1. The van der Waals surface area contributed by atoms with Crippen LogP contribution >= 0.6 is 0 Å². The van der Waals surface area contributed by atoms with Crippen LogP contribution in [0.25, 0.3) is 0 Å². The molecule has 2 saturated heterocycles. The zero-order valence-electron chi connectivity index (χ0n) is 17.3. The molecule has 1 aromatic rings. The van der Waals surface area contributed by atoms with Crippen molar-refractivity contribution in [3.05, 3.63) is 35.9 Å². The first-order chi connectivity index (χ1) is 13.5. The largest absolute Gasteiger partial charge is 0.355 e. The topological polar surface area (TPSA) is 55.9 Å². The Morgan fingerprint density at radius 2 is 1.79 bits per heavy atom. The van der Waals surface area contributed by atoms with E-state index < -0.39 is 0 Å². The number of hydrogen-bond donors (Lipinski definition) is 1. The lowest BCUT2D eigenvalue weighted by Gasteiger charge is -2.35. The van der Waals surface area contributed by atoms with Gasteiger partial charge in [-0.3, -0.25) is 9.59 Å². The molecule has 0 aliphatic carbocycles. The van der Waals surface area contributed by atoms with Crippen LogP contribution in [0.4, 0.5) is 0 Å². The van der Waals surface area contributed by atoms with Crippen LogP contribution in [-0.4, -0.2) is 85.9 Å². The number of rotatable bonds is 6. The van der Waals surface area contributed by atoms with Gasteiger partial charge in [-0.1, -0.05) is 18.2 Å². The normalized spacial score (nSPS) is 21.7. The Labute approximate surface area is 168 Å². The van der Waals surface area contributed by atoms with Gasteiger partial charge in [-0.05, 0) is 65.0 Å². The molecule has 2 aliphatic heterocycles. The third-order valence-corrected chi connectivity index (χ3v) is 6.11. The molecule has 2 heterocycles. The molecule has 3 rings (SSSR count). The van der Waals surface area contributed by atoms with Crippen molar-refractivity contribution in [1.29, 1.82) is 0 Å². The molecule has 154 valence electrons. The van der Waals surface area contributed by atoms with Crippen molar-refractivity contribution >= 4 is 11.8 Å². The average Bonchev–Trinajstić information content (AvgIpc) is 2.74. The first-order valence-electron chi connectivity index (χ1n) is 10.6. The van der Waals surface area contributed by atoms with E-state index in [1.807, 2.05) is 35.2 Å². The minimum atomic E-state index is -0.0964. The molecule has 2 amide bonds. The fourth-order valence-corrected chi connectivity index (χ4v) is 4.28. The molecule has 1 unspecified atom stereocenters. The number of nitrogens with zero attached hydrogens (tertiary/aromatic N) is 3. The highest BCUT2D eigenvalue weighted by Crippen LogP contribution is 2.19. The van der Waals surface area contributed by atoms with Crippen LogP contribution in [0.3, 0.4) is 0 Å². The zero-order chi connectivity index (χ0) is 19.9. The lowest BCUT2D eigenvalue weighted by atomic mass is 9.96. The van der Waals surface area contributed by atoms with Crippen molar-refractivity contribution in [3.63, 3.8) is 0 Å². The van der Waals surface area contributed by atoms with Gasteiger partial charge >= 0.3 is 0 Å². The molecule has 0 bridgehead atoms. The summed E-state index contributed by atoms with van der Waals surface area (Å²) in [6, 6.07) is 10.0. The molecule has 0 spiro atoms. The SMILES string of the molecule is CN(C)C1CCN(CCNC(=O)C2CCCN(C(=O)c3ccccc3)C2)CC1. The van der Waals surface area contributed by atoms with Gasteiger partial charge < -0.3 is 20.0 Å². The van der Waals surface area contributed by atoms with Crippen molar-refractivity contribution in [2.75, 3.05) is 53.4 Å². The summed E-state index contributed by atoms with van der Waals surface area (Å²) in [6.07, 6.45) is 4.13. The smallest absolute Gasteiger partial charge is 0.253 e. The van der Waals surface area contributed by atoms with Crippen LogP contribution in [0, 0.1) is 5.92 Å². The van der Waals surface area contributed by atoms with E-state index in [2.05, 4.69) is 29.2 Å². The quantitative estimate of drug-likeness (QED) is 0.808. The van der Waals surface area contributed by atoms with Crippen molar-refractivity contribution in [2.24, 2.45) is 5.92 Å². The first-order valence-corrected chi connectivity index (χ1v) is 10.6. The maximum atomic E-state index is 12.6. The van der Waals surface area contributed by atoms with Gasteiger partial charge in [-0.25, -0.2) is 0 Å². The molecular weight excluding hydrogens is 352 g/mol. The minimum Gasteiger partial charge on any atom is -0.355 e. The molecule has 6 nitrogen and oxygen atoms in total. The Balaban J connectivity index is 1.40. The number of nitrogens with one attached hydrogen (secondary N) is 1. The summed E-state index contributed by atoms with van der Waals surface area (Å²) in [5.74, 6) is 0.0245. The number of carbonyl (C=O) groups excluding carboxylic acids is 2. The van der Waals surface area contributed by atoms with E-state index in [0.29, 0.717) is 24.7 Å². The van der Waals surface area contributed by atoms with Crippen molar-refractivity contribution in [3.8, 4) is 0 Å². The molecule has 2 aliphatic rings. The van der Waals surface area contributed by atoms with E-state index in [0.717, 1.165) is 39.0 Å². The van der Waals surface area contributed by atoms with Gasteiger partial charge in [-0.2, -0.15) is 0 Å². The fourth-order valence-electron chi connectivity index (χ4n) is 4.28. The Morgan fingerprint density at radius 1 is 1.07 bits per heavy atom. The van der Waals surface area contributed by atoms with Crippen LogP contribution in [0.15, 0.2) is 30.3 Å². The molecule has 1 N–H and O–H groups in total. The number of amides is 2. The summed E-state index contributed by atoms with van der Waals surface area (Å²) in [5.41, 5.74) is 0.699. The van der Waals surface area contributed by atoms with Gasteiger partial charge in [0.1, 0.15) is 0 Å². The predicted molar refractivity (Wildman–Crippen MR) is 111 cm³/mol. The molecule has 0 aromatic heterocycles. The Hall–Kier alpha value is -1.92. The molecule has 1 atom stereocenters. The summed E-state index contributed by atoms with van der Waals surface area (Å²) in [7, 11) is 4.30. The maximum absolute atomic E-state index is 12.6. The van der Waals surface area contributed by atoms with E-state index in [4.69, 9.17) is 0 Å². The third kappa shape index (κ3) is 5.55. The molecule has 1 aromatic carbocycles. The Kier molecular flexibility index (Phi) is 7.45. The molecule has 6 heteroatoms. The van der Waals surface area contributed by atoms with Gasteiger partial charge in [0, 0.05) is 37.8 Å². The van der Waals surface area contributed by atoms with E-state index >= 15 is 0 Å². The standard InChI is InChI=1S/C22H34N4O2/c1-24(2)20-10-14-25(15-11-20)16-12-23-21(27)19-9-6-13-26(17-19)22(28)18-7-4-3-5-8-18/h3-5,7-8,19-20H,6,9-17H2,1-2H3,(H,23,27). The van der Waals surface area contributed by atoms with Gasteiger partial charge in [0.05, 0.1) is 5.92 Å². The summed E-state index contributed by atoms with van der Waals surface area (Å²) in [6.45, 7) is 5.05. The second kappa shape index (κ2) is 10.0. The van der Waals surface area contributed by atoms with Crippen LogP contribution in [0.1, 0.15) is 36.0 Å². The Morgan fingerprint density at radius 3 is 2.46 bits per heavy atom. The van der Waals surface area contributed by atoms with Crippen molar-refractivity contribution < 1.29 is 9.59 Å². The highest BCUT2D eigenvalue weighted by molar-refractivity contribution is 5.94. The number of piperidine rings is 2. The van der Waals surface area contributed by atoms with Gasteiger partial charge in [0.25, 0.3) is 5.91 Å². The van der Waals surface area contributed by atoms with Crippen LogP contribution in [-0.2, 0) is 4.79 Å². The summed E-state index contributed by atoms with van der Waals surface area (Å²) >= 11 is 0. The highest BCUT2D eigenvalue weighted by atomic mass is 16.2. The summed E-state index contributed by atoms with van der Waals surface area (Å²) in [4.78, 5) is 31.8. The van der Waals surface area contributed by atoms with E-state index in [1.165, 1.54) is 12.8 Å². The van der Waals surface area contributed by atoms with Crippen LogP contribution in [0.2, 0.25) is 0 Å². The maximum Gasteiger partial charge on any atom is 0.253 e. The van der Waals surface area contributed by atoms with Gasteiger partial charge in [0.15, 0.2) is 0 Å². The molecule has 0 saturated carbocycles. The molecular formula is C22H34N4O2. The second-order valence-electron chi connectivity index (χ2n) is 8.28. The predicted octanol–water partition coefficient (Wildman–Crippen LogP) is 1.68. The van der Waals surface area contributed by atoms with E-state index in [-0.39, 0.29) is 17.7 Å². The molecule has 2 fully saturated rings. The first kappa shape index (κ1) is 20.8. The lowest BCUT2D eigenvalue weighted by molar-refractivity contribution is -0.126. The highest BCUT2D eigenvalue weighted by Gasteiger charge is 2.29. The monoisotopic (exact) mass is 386 g/mol. The third-order valence-electron chi connectivity index (χ3n) is 6.11. The number of hydrogen-bond acceptors (Lipinski definition) is 4. The van der Waals surface area contributed by atoms with Crippen LogP contribution < -0.4 is 5.32 Å². The lowest BCUT2D eigenvalue weighted by Crippen LogP contribution is -2.47. The van der Waals surface area contributed by atoms with Gasteiger partial charge in [-0.15, -0.1) is 0 Å². The average molecular weight is 387 g/mol. The van der Waals surface area contributed by atoms with Gasteiger partial charge in [0.2, 0.25) is 5.91 Å². The van der Waals surface area contributed by atoms with E-state index in [9.17, 15) is 9.59 Å². The summed E-state index contributed by atoms with van der Waals surface area (Å²) < 4.78 is 0. The van der Waals surface area contributed by atoms with Crippen LogP contribution in [0.5, 0.6) is 0 Å². The zero-order valence-corrected chi connectivity index (χ0v) is 17.3. The van der Waals surface area contributed by atoms with E-state index in [1.54, 1.807) is 0 Å². The van der Waals surface area contributed by atoms with Crippen molar-refractivity contribution in [1.82, 2.24) is 20.0 Å². The molecule has 28 heavy (non-hydrogen) atoms. The number of carbonyl (C=O) groups is 2. The fraction of sp³-hybridized carbons (Fsp3) is 0.636. The molecule has 0 radical (unpaired) electrons. The minimum absolute atomic E-state index is 0.0295. The Bertz CT molecular complexity index is 641. The second-order valence-corrected chi connectivity index (χ2v) is 8.28.